The summed E-state index contributed by atoms with van der Waals surface area (Å²) in [6.07, 6.45) is 0. The van der Waals surface area contributed by atoms with Crippen molar-refractivity contribution in [3.05, 3.63) is 30.3 Å². The molecule has 0 spiro atoms. The predicted molar refractivity (Wildman–Crippen MR) is 58.8 cm³/mol. The number of hydrogen-bond acceptors (Lipinski definition) is 3. The van der Waals surface area contributed by atoms with E-state index in [1.54, 1.807) is 11.8 Å². The van der Waals surface area contributed by atoms with Crippen LogP contribution in [0.3, 0.4) is 0 Å². The lowest BCUT2D eigenvalue weighted by atomic mass is 10.2. The standard InChI is InChI=1S/C10H16N2S/c1-8(10(12)7-11)13-9-5-3-2-4-6-9/h2-6,8,10H,7,11-12H2,1H3. The zero-order valence-corrected chi connectivity index (χ0v) is 8.63. The third kappa shape index (κ3) is 3.38. The van der Waals surface area contributed by atoms with Crippen molar-refractivity contribution in [1.29, 1.82) is 0 Å². The van der Waals surface area contributed by atoms with Gasteiger partial charge in [-0.15, -0.1) is 11.8 Å². The van der Waals surface area contributed by atoms with E-state index in [2.05, 4.69) is 19.1 Å². The third-order valence-corrected chi connectivity index (χ3v) is 3.21. The molecule has 0 amide bonds. The molecule has 0 radical (unpaired) electrons. The molecule has 2 unspecified atom stereocenters. The van der Waals surface area contributed by atoms with Gasteiger partial charge in [0, 0.05) is 22.7 Å². The van der Waals surface area contributed by atoms with Crippen LogP contribution in [0.2, 0.25) is 0 Å². The molecule has 0 saturated heterocycles. The minimum atomic E-state index is 0.0743. The first-order valence-corrected chi connectivity index (χ1v) is 5.29. The van der Waals surface area contributed by atoms with Crippen molar-refractivity contribution >= 4 is 11.8 Å². The van der Waals surface area contributed by atoms with Gasteiger partial charge in [-0.05, 0) is 12.1 Å². The summed E-state index contributed by atoms with van der Waals surface area (Å²) in [7, 11) is 0. The Hall–Kier alpha value is -0.510. The van der Waals surface area contributed by atoms with Crippen molar-refractivity contribution in [3.8, 4) is 0 Å². The zero-order chi connectivity index (χ0) is 9.68. The second kappa shape index (κ2) is 5.27. The Morgan fingerprint density at radius 3 is 2.46 bits per heavy atom. The number of hydrogen-bond donors (Lipinski definition) is 2. The number of thioether (sulfide) groups is 1. The molecule has 0 aliphatic heterocycles. The normalized spacial score (nSPS) is 15.3. The van der Waals surface area contributed by atoms with E-state index in [0.717, 1.165) is 0 Å². The van der Waals surface area contributed by atoms with Gasteiger partial charge in [0.2, 0.25) is 0 Å². The quantitative estimate of drug-likeness (QED) is 0.717. The third-order valence-electron chi connectivity index (χ3n) is 1.94. The maximum Gasteiger partial charge on any atom is 0.0284 e. The molecule has 1 aromatic rings. The van der Waals surface area contributed by atoms with E-state index >= 15 is 0 Å². The average Bonchev–Trinajstić information content (AvgIpc) is 2.18. The SMILES string of the molecule is CC(Sc1ccccc1)C(N)CN. The summed E-state index contributed by atoms with van der Waals surface area (Å²) in [5.74, 6) is 0. The summed E-state index contributed by atoms with van der Waals surface area (Å²) in [6, 6.07) is 10.3. The van der Waals surface area contributed by atoms with E-state index in [1.807, 2.05) is 18.2 Å². The zero-order valence-electron chi connectivity index (χ0n) is 7.81. The van der Waals surface area contributed by atoms with Gasteiger partial charge < -0.3 is 11.5 Å². The van der Waals surface area contributed by atoms with Crippen LogP contribution >= 0.6 is 11.8 Å². The molecule has 13 heavy (non-hydrogen) atoms. The first-order valence-electron chi connectivity index (χ1n) is 4.41. The van der Waals surface area contributed by atoms with E-state index in [-0.39, 0.29) is 6.04 Å². The molecular formula is C10H16N2S. The fourth-order valence-corrected chi connectivity index (χ4v) is 2.02. The second-order valence-corrected chi connectivity index (χ2v) is 4.49. The largest absolute Gasteiger partial charge is 0.329 e. The maximum atomic E-state index is 5.82. The Labute approximate surface area is 83.7 Å². The van der Waals surface area contributed by atoms with Crippen LogP contribution < -0.4 is 11.5 Å². The molecule has 1 rings (SSSR count). The molecule has 0 heterocycles. The highest BCUT2D eigenvalue weighted by Crippen LogP contribution is 2.23. The summed E-state index contributed by atoms with van der Waals surface area (Å²) in [6.45, 7) is 2.65. The Kier molecular flexibility index (Phi) is 4.28. The lowest BCUT2D eigenvalue weighted by Crippen LogP contribution is -2.37. The van der Waals surface area contributed by atoms with Gasteiger partial charge in [0.05, 0.1) is 0 Å². The maximum absolute atomic E-state index is 5.82. The van der Waals surface area contributed by atoms with Gasteiger partial charge in [-0.2, -0.15) is 0 Å². The van der Waals surface area contributed by atoms with E-state index in [9.17, 15) is 0 Å². The Morgan fingerprint density at radius 1 is 1.31 bits per heavy atom. The van der Waals surface area contributed by atoms with Gasteiger partial charge in [0.1, 0.15) is 0 Å². The van der Waals surface area contributed by atoms with Gasteiger partial charge in [0.25, 0.3) is 0 Å². The van der Waals surface area contributed by atoms with Crippen LogP contribution in [0, 0.1) is 0 Å². The minimum Gasteiger partial charge on any atom is -0.329 e. The average molecular weight is 196 g/mol. The van der Waals surface area contributed by atoms with Crippen LogP contribution in [0.1, 0.15) is 6.92 Å². The monoisotopic (exact) mass is 196 g/mol. The molecule has 0 aromatic heterocycles. The van der Waals surface area contributed by atoms with Crippen LogP contribution in [-0.2, 0) is 0 Å². The first-order chi connectivity index (χ1) is 6.24. The van der Waals surface area contributed by atoms with Crippen LogP contribution in [0.25, 0.3) is 0 Å². The van der Waals surface area contributed by atoms with E-state index in [4.69, 9.17) is 11.5 Å². The first kappa shape index (κ1) is 10.6. The molecule has 0 saturated carbocycles. The summed E-state index contributed by atoms with van der Waals surface area (Å²) in [4.78, 5) is 1.25. The lowest BCUT2D eigenvalue weighted by Gasteiger charge is -2.17. The predicted octanol–water partition coefficient (Wildman–Crippen LogP) is 1.45. The molecule has 4 N–H and O–H groups in total. The fraction of sp³-hybridized carbons (Fsp3) is 0.400. The van der Waals surface area contributed by atoms with Crippen molar-refractivity contribution in [3.63, 3.8) is 0 Å². The number of benzene rings is 1. The molecule has 0 fully saturated rings. The van der Waals surface area contributed by atoms with Crippen LogP contribution in [0.15, 0.2) is 35.2 Å². The molecule has 1 aromatic carbocycles. The smallest absolute Gasteiger partial charge is 0.0284 e. The number of nitrogens with two attached hydrogens (primary N) is 2. The summed E-state index contributed by atoms with van der Waals surface area (Å²) < 4.78 is 0. The van der Waals surface area contributed by atoms with Crippen molar-refractivity contribution < 1.29 is 0 Å². The van der Waals surface area contributed by atoms with E-state index < -0.39 is 0 Å². The highest BCUT2D eigenvalue weighted by atomic mass is 32.2. The molecule has 2 atom stereocenters. The summed E-state index contributed by atoms with van der Waals surface area (Å²) in [5.41, 5.74) is 11.3. The van der Waals surface area contributed by atoms with Gasteiger partial charge in [-0.3, -0.25) is 0 Å². The molecule has 2 nitrogen and oxygen atoms in total. The van der Waals surface area contributed by atoms with E-state index in [1.165, 1.54) is 4.90 Å². The fourth-order valence-electron chi connectivity index (χ4n) is 0.993. The highest BCUT2D eigenvalue weighted by Gasteiger charge is 2.11. The van der Waals surface area contributed by atoms with Crippen molar-refractivity contribution in [1.82, 2.24) is 0 Å². The Morgan fingerprint density at radius 2 is 1.92 bits per heavy atom. The highest BCUT2D eigenvalue weighted by molar-refractivity contribution is 8.00. The Balaban J connectivity index is 2.50. The molecule has 0 aliphatic carbocycles. The molecular weight excluding hydrogens is 180 g/mol. The van der Waals surface area contributed by atoms with Crippen molar-refractivity contribution in [2.75, 3.05) is 6.54 Å². The molecule has 3 heteroatoms. The lowest BCUT2D eigenvalue weighted by molar-refractivity contribution is 0.674. The van der Waals surface area contributed by atoms with Crippen LogP contribution in [-0.4, -0.2) is 17.8 Å². The molecule has 0 bridgehead atoms. The van der Waals surface area contributed by atoms with Crippen LogP contribution in [0.5, 0.6) is 0 Å². The van der Waals surface area contributed by atoms with Gasteiger partial charge in [-0.25, -0.2) is 0 Å². The second-order valence-electron chi connectivity index (χ2n) is 3.04. The van der Waals surface area contributed by atoms with E-state index in [0.29, 0.717) is 11.8 Å². The van der Waals surface area contributed by atoms with Crippen molar-refractivity contribution in [2.24, 2.45) is 11.5 Å². The summed E-state index contributed by atoms with van der Waals surface area (Å²) in [5, 5.41) is 0.368. The van der Waals surface area contributed by atoms with Gasteiger partial charge >= 0.3 is 0 Å². The van der Waals surface area contributed by atoms with Gasteiger partial charge in [0.15, 0.2) is 0 Å². The molecule has 0 aliphatic rings. The summed E-state index contributed by atoms with van der Waals surface area (Å²) >= 11 is 1.77. The van der Waals surface area contributed by atoms with Crippen LogP contribution in [0.4, 0.5) is 0 Å². The minimum absolute atomic E-state index is 0.0743. The molecule has 72 valence electrons. The topological polar surface area (TPSA) is 52.0 Å². The van der Waals surface area contributed by atoms with Gasteiger partial charge in [-0.1, -0.05) is 25.1 Å². The number of rotatable bonds is 4. The van der Waals surface area contributed by atoms with Crippen molar-refractivity contribution in [2.45, 2.75) is 23.1 Å². The Bertz CT molecular complexity index is 238.